The fourth-order valence-electron chi connectivity index (χ4n) is 5.25. The van der Waals surface area contributed by atoms with Crippen molar-refractivity contribution in [2.24, 2.45) is 5.92 Å². The van der Waals surface area contributed by atoms with Crippen molar-refractivity contribution >= 4 is 0 Å². The molecule has 0 saturated heterocycles. The monoisotopic (exact) mass is 386 g/mol. The maximum atomic E-state index is 2.34. The molecule has 0 radical (unpaired) electrons. The predicted molar refractivity (Wildman–Crippen MR) is 126 cm³/mol. The lowest BCUT2D eigenvalue weighted by atomic mass is 9.57. The molecule has 0 heterocycles. The van der Waals surface area contributed by atoms with Crippen molar-refractivity contribution in [3.63, 3.8) is 0 Å². The molecule has 0 aliphatic heterocycles. The molecule has 30 heavy (non-hydrogen) atoms. The summed E-state index contributed by atoms with van der Waals surface area (Å²) >= 11 is 0. The zero-order valence-corrected chi connectivity index (χ0v) is 17.1. The Morgan fingerprint density at radius 1 is 0.500 bits per heavy atom. The van der Waals surface area contributed by atoms with E-state index >= 15 is 0 Å². The van der Waals surface area contributed by atoms with Crippen LogP contribution >= 0.6 is 0 Å². The van der Waals surface area contributed by atoms with Crippen LogP contribution in [0.2, 0.25) is 0 Å². The highest BCUT2D eigenvalue weighted by Crippen LogP contribution is 2.53. The van der Waals surface area contributed by atoms with Gasteiger partial charge in [-0.3, -0.25) is 0 Å². The lowest BCUT2D eigenvalue weighted by molar-refractivity contribution is 0.472. The zero-order valence-electron chi connectivity index (χ0n) is 17.1. The Morgan fingerprint density at radius 2 is 0.867 bits per heavy atom. The van der Waals surface area contributed by atoms with E-state index in [4.69, 9.17) is 0 Å². The first kappa shape index (κ1) is 18.6. The summed E-state index contributed by atoms with van der Waals surface area (Å²) in [6, 6.07) is 33.2. The van der Waals surface area contributed by atoms with Gasteiger partial charge in [0, 0.05) is 5.92 Å². The van der Waals surface area contributed by atoms with Gasteiger partial charge in [-0.2, -0.15) is 0 Å². The summed E-state index contributed by atoms with van der Waals surface area (Å²) in [5.41, 5.74) is 6.71. The lowest BCUT2D eigenvalue weighted by Gasteiger charge is -2.44. The van der Waals surface area contributed by atoms with E-state index in [1.807, 2.05) is 0 Å². The van der Waals surface area contributed by atoms with Gasteiger partial charge in [-0.25, -0.2) is 0 Å². The topological polar surface area (TPSA) is 0 Å². The van der Waals surface area contributed by atoms with Crippen LogP contribution in [0.4, 0.5) is 0 Å². The van der Waals surface area contributed by atoms with E-state index in [1.54, 1.807) is 0 Å². The smallest absolute Gasteiger partial charge is 0.0553 e. The average Bonchev–Trinajstić information content (AvgIpc) is 3.54. The molecule has 5 rings (SSSR count). The Hall–Kier alpha value is -3.38. The number of allylic oxidation sites excluding steroid dienone is 8. The van der Waals surface area contributed by atoms with E-state index in [-0.39, 0.29) is 11.3 Å². The fraction of sp³-hybridized carbons (Fsp3) is 0.133. The van der Waals surface area contributed by atoms with E-state index in [0.717, 1.165) is 12.8 Å². The Balaban J connectivity index is 1.87. The van der Waals surface area contributed by atoms with E-state index in [2.05, 4.69) is 127 Å². The molecule has 3 aromatic rings. The number of benzene rings is 3. The van der Waals surface area contributed by atoms with Crippen LogP contribution in [0.15, 0.2) is 139 Å². The van der Waals surface area contributed by atoms with E-state index in [9.17, 15) is 0 Å². The third-order valence-corrected chi connectivity index (χ3v) is 6.46. The molecule has 2 aliphatic rings. The second-order valence-corrected chi connectivity index (χ2v) is 8.09. The van der Waals surface area contributed by atoms with Crippen molar-refractivity contribution < 1.29 is 0 Å². The van der Waals surface area contributed by atoms with E-state index in [1.165, 1.54) is 27.8 Å². The molecule has 0 fully saturated rings. The normalized spacial score (nSPS) is 15.5. The van der Waals surface area contributed by atoms with Crippen LogP contribution in [0.1, 0.15) is 29.5 Å². The van der Waals surface area contributed by atoms with Crippen LogP contribution < -0.4 is 0 Å². The molecule has 0 nitrogen and oxygen atoms in total. The van der Waals surface area contributed by atoms with Crippen LogP contribution in [0.25, 0.3) is 0 Å². The first-order valence-electron chi connectivity index (χ1n) is 10.8. The maximum absolute atomic E-state index is 2.34. The van der Waals surface area contributed by atoms with Gasteiger partial charge in [0.1, 0.15) is 0 Å². The highest BCUT2D eigenvalue weighted by Gasteiger charge is 2.46. The molecule has 0 unspecified atom stereocenters. The van der Waals surface area contributed by atoms with Gasteiger partial charge in [-0.1, -0.05) is 139 Å². The molecular formula is C30H26. The molecular weight excluding hydrogens is 360 g/mol. The second kappa shape index (κ2) is 8.16. The van der Waals surface area contributed by atoms with Crippen LogP contribution in [-0.2, 0) is 5.41 Å². The van der Waals surface area contributed by atoms with Crippen molar-refractivity contribution in [3.8, 4) is 0 Å². The highest BCUT2D eigenvalue weighted by molar-refractivity contribution is 5.57. The molecule has 0 amide bonds. The molecule has 0 bridgehead atoms. The number of hydrogen-bond donors (Lipinski definition) is 0. The standard InChI is InChI=1S/C30H26/c1-4-18-26(19-5-1)30(27-20-6-2-7-21-27,28-22-8-3-9-23-28)29(24-14-10-11-15-24)25-16-12-13-17-25/h1-14,16,18-23,29H,15,17H2. The largest absolute Gasteiger partial charge is 0.0804 e. The number of rotatable bonds is 6. The van der Waals surface area contributed by atoms with Crippen LogP contribution in [0.3, 0.4) is 0 Å². The molecule has 0 saturated carbocycles. The molecule has 146 valence electrons. The Kier molecular flexibility index (Phi) is 5.07. The lowest BCUT2D eigenvalue weighted by Crippen LogP contribution is -2.40. The van der Waals surface area contributed by atoms with Crippen molar-refractivity contribution in [1.29, 1.82) is 0 Å². The Morgan fingerprint density at radius 3 is 1.17 bits per heavy atom. The van der Waals surface area contributed by atoms with Gasteiger partial charge < -0.3 is 0 Å². The molecule has 0 heteroatoms. The molecule has 0 N–H and O–H groups in total. The zero-order chi connectivity index (χ0) is 20.2. The third-order valence-electron chi connectivity index (χ3n) is 6.46. The first-order valence-corrected chi connectivity index (χ1v) is 10.8. The van der Waals surface area contributed by atoms with Gasteiger partial charge in [-0.15, -0.1) is 0 Å². The van der Waals surface area contributed by atoms with Crippen molar-refractivity contribution in [2.45, 2.75) is 18.3 Å². The van der Waals surface area contributed by atoms with Gasteiger partial charge in [0.05, 0.1) is 5.41 Å². The summed E-state index contributed by atoms with van der Waals surface area (Å²) in [6.45, 7) is 0. The summed E-state index contributed by atoms with van der Waals surface area (Å²) in [7, 11) is 0. The van der Waals surface area contributed by atoms with Crippen molar-refractivity contribution in [1.82, 2.24) is 0 Å². The fourth-order valence-corrected chi connectivity index (χ4v) is 5.25. The summed E-state index contributed by atoms with van der Waals surface area (Å²) in [4.78, 5) is 0. The summed E-state index contributed by atoms with van der Waals surface area (Å²) in [5, 5.41) is 0. The van der Waals surface area contributed by atoms with Crippen LogP contribution in [0, 0.1) is 5.92 Å². The van der Waals surface area contributed by atoms with Crippen molar-refractivity contribution in [2.75, 3.05) is 0 Å². The summed E-state index contributed by atoms with van der Waals surface area (Å²) in [6.07, 6.45) is 15.7. The molecule has 2 aliphatic carbocycles. The van der Waals surface area contributed by atoms with Crippen molar-refractivity contribution in [3.05, 3.63) is 155 Å². The number of hydrogen-bond acceptors (Lipinski definition) is 0. The Bertz CT molecular complexity index is 986. The molecule has 3 aromatic carbocycles. The predicted octanol–water partition coefficient (Wildman–Crippen LogP) is 7.41. The molecule has 0 aromatic heterocycles. The molecule has 0 spiro atoms. The molecule has 0 atom stereocenters. The minimum absolute atomic E-state index is 0.259. The Labute approximate surface area is 179 Å². The van der Waals surface area contributed by atoms with Gasteiger partial charge in [0.2, 0.25) is 0 Å². The van der Waals surface area contributed by atoms with Gasteiger partial charge >= 0.3 is 0 Å². The summed E-state index contributed by atoms with van der Waals surface area (Å²) in [5.74, 6) is 0.259. The SMILES string of the molecule is C1=CCC(C(C2=CC=CC2)C(c2ccccc2)(c2ccccc2)c2ccccc2)=C1. The average molecular weight is 387 g/mol. The maximum Gasteiger partial charge on any atom is 0.0553 e. The first-order chi connectivity index (χ1) is 14.9. The van der Waals surface area contributed by atoms with Crippen LogP contribution in [-0.4, -0.2) is 0 Å². The van der Waals surface area contributed by atoms with Gasteiger partial charge in [0.25, 0.3) is 0 Å². The van der Waals surface area contributed by atoms with E-state index < -0.39 is 0 Å². The van der Waals surface area contributed by atoms with Gasteiger partial charge in [0.15, 0.2) is 0 Å². The van der Waals surface area contributed by atoms with Crippen LogP contribution in [0.5, 0.6) is 0 Å². The minimum Gasteiger partial charge on any atom is -0.0804 e. The van der Waals surface area contributed by atoms with Gasteiger partial charge in [-0.05, 0) is 29.5 Å². The quantitative estimate of drug-likeness (QED) is 0.387. The second-order valence-electron chi connectivity index (χ2n) is 8.09. The van der Waals surface area contributed by atoms with E-state index in [0.29, 0.717) is 0 Å². The minimum atomic E-state index is -0.292. The highest BCUT2D eigenvalue weighted by atomic mass is 14.5. The third kappa shape index (κ3) is 3.09. The summed E-state index contributed by atoms with van der Waals surface area (Å²) < 4.78 is 0.